The monoisotopic (exact) mass is 321 g/mol. The SMILES string of the molecule is CC(F)(F)c1ccnc(NC2CCN(S(N)(=O)=O)CC2)n1. The Labute approximate surface area is 121 Å². The number of piperidine rings is 1. The molecule has 1 aromatic rings. The number of hydrogen-bond acceptors (Lipinski definition) is 5. The summed E-state index contributed by atoms with van der Waals surface area (Å²) >= 11 is 0. The molecule has 7 nitrogen and oxygen atoms in total. The zero-order chi connectivity index (χ0) is 15.7. The maximum absolute atomic E-state index is 13.2. The van der Waals surface area contributed by atoms with Crippen LogP contribution in [0.3, 0.4) is 0 Å². The van der Waals surface area contributed by atoms with Crippen LogP contribution in [0.5, 0.6) is 0 Å². The van der Waals surface area contributed by atoms with Crippen LogP contribution in [0.15, 0.2) is 12.3 Å². The second-order valence-corrected chi connectivity index (χ2v) is 6.56. The van der Waals surface area contributed by atoms with Crippen molar-refractivity contribution < 1.29 is 17.2 Å². The first-order valence-corrected chi connectivity index (χ1v) is 7.92. The van der Waals surface area contributed by atoms with Gasteiger partial charge < -0.3 is 5.32 Å². The first-order valence-electron chi connectivity index (χ1n) is 6.42. The molecule has 0 radical (unpaired) electrons. The van der Waals surface area contributed by atoms with Crippen molar-refractivity contribution in [2.45, 2.75) is 31.7 Å². The second kappa shape index (κ2) is 5.78. The second-order valence-electron chi connectivity index (χ2n) is 5.02. The summed E-state index contributed by atoms with van der Waals surface area (Å²) in [6, 6.07) is 1.08. The largest absolute Gasteiger partial charge is 0.351 e. The number of nitrogens with two attached hydrogens (primary N) is 1. The summed E-state index contributed by atoms with van der Waals surface area (Å²) in [5, 5.41) is 7.99. The fraction of sp³-hybridized carbons (Fsp3) is 0.636. The van der Waals surface area contributed by atoms with Gasteiger partial charge >= 0.3 is 0 Å². The summed E-state index contributed by atoms with van der Waals surface area (Å²) in [6.07, 6.45) is 2.28. The van der Waals surface area contributed by atoms with Gasteiger partial charge in [0.25, 0.3) is 16.1 Å². The molecule has 1 saturated heterocycles. The number of nitrogens with one attached hydrogen (secondary N) is 1. The zero-order valence-electron chi connectivity index (χ0n) is 11.5. The fourth-order valence-electron chi connectivity index (χ4n) is 2.11. The van der Waals surface area contributed by atoms with Gasteiger partial charge in [-0.25, -0.2) is 15.1 Å². The van der Waals surface area contributed by atoms with E-state index in [0.29, 0.717) is 12.8 Å². The Morgan fingerprint density at radius 2 is 2.05 bits per heavy atom. The first-order chi connectivity index (χ1) is 9.66. The summed E-state index contributed by atoms with van der Waals surface area (Å²) in [5.74, 6) is -2.92. The lowest BCUT2D eigenvalue weighted by Gasteiger charge is -2.30. The van der Waals surface area contributed by atoms with Crippen LogP contribution in [0.1, 0.15) is 25.5 Å². The van der Waals surface area contributed by atoms with Gasteiger partial charge in [-0.2, -0.15) is 21.5 Å². The lowest BCUT2D eigenvalue weighted by atomic mass is 10.1. The normalized spacial score (nSPS) is 18.7. The Bertz CT molecular complexity index is 597. The molecule has 2 rings (SSSR count). The molecule has 0 aromatic carbocycles. The molecule has 1 aliphatic heterocycles. The van der Waals surface area contributed by atoms with E-state index in [2.05, 4.69) is 15.3 Å². The molecule has 1 aliphatic rings. The highest BCUT2D eigenvalue weighted by Gasteiger charge is 2.28. The molecule has 0 bridgehead atoms. The highest BCUT2D eigenvalue weighted by atomic mass is 32.2. The van der Waals surface area contributed by atoms with Gasteiger partial charge in [0.2, 0.25) is 5.95 Å². The van der Waals surface area contributed by atoms with E-state index in [9.17, 15) is 17.2 Å². The number of anilines is 1. The molecule has 0 saturated carbocycles. The minimum Gasteiger partial charge on any atom is -0.351 e. The van der Waals surface area contributed by atoms with Crippen molar-refractivity contribution in [3.05, 3.63) is 18.0 Å². The van der Waals surface area contributed by atoms with Crippen LogP contribution in [0.2, 0.25) is 0 Å². The Kier molecular flexibility index (Phi) is 4.40. The Morgan fingerprint density at radius 3 is 2.57 bits per heavy atom. The van der Waals surface area contributed by atoms with Gasteiger partial charge in [0.1, 0.15) is 5.69 Å². The molecule has 0 aliphatic carbocycles. The molecule has 118 valence electrons. The van der Waals surface area contributed by atoms with Crippen LogP contribution in [0.4, 0.5) is 14.7 Å². The van der Waals surface area contributed by atoms with E-state index in [0.717, 1.165) is 13.0 Å². The van der Waals surface area contributed by atoms with Gasteiger partial charge in [0, 0.05) is 32.3 Å². The van der Waals surface area contributed by atoms with E-state index in [1.54, 1.807) is 0 Å². The average Bonchev–Trinajstić information content (AvgIpc) is 2.37. The van der Waals surface area contributed by atoms with Crippen LogP contribution >= 0.6 is 0 Å². The third kappa shape index (κ3) is 4.29. The summed E-state index contributed by atoms with van der Waals surface area (Å²) in [4.78, 5) is 7.68. The summed E-state index contributed by atoms with van der Waals surface area (Å²) < 4.78 is 49.9. The molecular weight excluding hydrogens is 304 g/mol. The Balaban J connectivity index is 1.98. The number of halogens is 2. The van der Waals surface area contributed by atoms with Gasteiger partial charge in [0.15, 0.2) is 0 Å². The molecule has 1 fully saturated rings. The van der Waals surface area contributed by atoms with Gasteiger partial charge in [-0.3, -0.25) is 0 Å². The summed E-state index contributed by atoms with van der Waals surface area (Å²) in [5.41, 5.74) is -0.359. The quantitative estimate of drug-likeness (QED) is 0.849. The van der Waals surface area contributed by atoms with Crippen molar-refractivity contribution in [1.29, 1.82) is 0 Å². The number of nitrogens with zero attached hydrogens (tertiary/aromatic N) is 3. The van der Waals surface area contributed by atoms with Crippen LogP contribution in [-0.4, -0.2) is 41.8 Å². The topological polar surface area (TPSA) is 101 Å². The van der Waals surface area contributed by atoms with Crippen LogP contribution in [0.25, 0.3) is 0 Å². The van der Waals surface area contributed by atoms with Crippen LogP contribution in [-0.2, 0) is 16.1 Å². The average molecular weight is 321 g/mol. The van der Waals surface area contributed by atoms with E-state index in [1.807, 2.05) is 0 Å². The van der Waals surface area contributed by atoms with Crippen molar-refractivity contribution in [3.8, 4) is 0 Å². The lowest BCUT2D eigenvalue weighted by Crippen LogP contribution is -2.45. The van der Waals surface area contributed by atoms with Gasteiger partial charge in [-0.15, -0.1) is 0 Å². The third-order valence-corrected chi connectivity index (χ3v) is 4.34. The number of rotatable bonds is 4. The van der Waals surface area contributed by atoms with Crippen molar-refractivity contribution in [2.75, 3.05) is 18.4 Å². The van der Waals surface area contributed by atoms with Crippen LogP contribution < -0.4 is 10.5 Å². The smallest absolute Gasteiger partial charge is 0.287 e. The van der Waals surface area contributed by atoms with E-state index in [-0.39, 0.29) is 30.8 Å². The van der Waals surface area contributed by atoms with Crippen molar-refractivity contribution in [3.63, 3.8) is 0 Å². The van der Waals surface area contributed by atoms with Gasteiger partial charge in [0.05, 0.1) is 0 Å². The molecule has 0 atom stereocenters. The molecule has 0 spiro atoms. The first kappa shape index (κ1) is 16.0. The van der Waals surface area contributed by atoms with Crippen LogP contribution in [0, 0.1) is 0 Å². The van der Waals surface area contributed by atoms with E-state index in [1.165, 1.54) is 10.5 Å². The van der Waals surface area contributed by atoms with Crippen molar-refractivity contribution >= 4 is 16.2 Å². The maximum Gasteiger partial charge on any atom is 0.287 e. The van der Waals surface area contributed by atoms with E-state index in [4.69, 9.17) is 5.14 Å². The predicted molar refractivity (Wildman–Crippen MR) is 72.9 cm³/mol. The zero-order valence-corrected chi connectivity index (χ0v) is 12.3. The Hall–Kier alpha value is -1.39. The summed E-state index contributed by atoms with van der Waals surface area (Å²) in [7, 11) is -3.67. The van der Waals surface area contributed by atoms with Crippen molar-refractivity contribution in [2.24, 2.45) is 5.14 Å². The highest BCUT2D eigenvalue weighted by Crippen LogP contribution is 2.25. The molecule has 10 heteroatoms. The van der Waals surface area contributed by atoms with Gasteiger partial charge in [-0.05, 0) is 18.9 Å². The third-order valence-electron chi connectivity index (χ3n) is 3.25. The molecule has 2 heterocycles. The van der Waals surface area contributed by atoms with Crippen molar-refractivity contribution in [1.82, 2.24) is 14.3 Å². The number of alkyl halides is 2. The maximum atomic E-state index is 13.2. The number of hydrogen-bond donors (Lipinski definition) is 2. The lowest BCUT2D eigenvalue weighted by molar-refractivity contribution is 0.0127. The Morgan fingerprint density at radius 1 is 1.43 bits per heavy atom. The predicted octanol–water partition coefficient (Wildman–Crippen LogP) is 0.668. The fourth-order valence-corrected chi connectivity index (χ4v) is 2.83. The molecule has 0 unspecified atom stereocenters. The minimum atomic E-state index is -3.67. The minimum absolute atomic E-state index is 0.0799. The molecule has 21 heavy (non-hydrogen) atoms. The molecular formula is C11H17F2N5O2S. The highest BCUT2D eigenvalue weighted by molar-refractivity contribution is 7.86. The molecule has 3 N–H and O–H groups in total. The summed E-state index contributed by atoms with van der Waals surface area (Å²) in [6.45, 7) is 1.32. The van der Waals surface area contributed by atoms with E-state index < -0.39 is 16.1 Å². The van der Waals surface area contributed by atoms with Gasteiger partial charge in [-0.1, -0.05) is 0 Å². The molecule has 1 aromatic heterocycles. The standard InChI is InChI=1S/C11H17F2N5O2S/c1-11(12,13)9-2-5-15-10(17-9)16-8-3-6-18(7-4-8)21(14,19)20/h2,5,8H,3-4,6-7H2,1H3,(H2,14,19,20)(H,15,16,17). The molecule has 0 amide bonds. The number of aromatic nitrogens is 2. The van der Waals surface area contributed by atoms with E-state index >= 15 is 0 Å².